The second-order valence-corrected chi connectivity index (χ2v) is 30.3. The number of pyridine rings is 2. The number of aryl methyl sites for hydroxylation is 2. The van der Waals surface area contributed by atoms with Crippen LogP contribution in [0.3, 0.4) is 0 Å². The van der Waals surface area contributed by atoms with Crippen molar-refractivity contribution in [3.05, 3.63) is 88.9 Å². The molecule has 8 heterocycles. The van der Waals surface area contributed by atoms with Crippen molar-refractivity contribution in [1.82, 2.24) is 63.9 Å². The minimum atomic E-state index is -4.14. The molecule has 0 aromatic carbocycles. The number of carbonyl (C=O) groups excluding carboxylic acids is 3. The molecule has 0 bridgehead atoms. The molecule has 2 aliphatic carbocycles. The van der Waals surface area contributed by atoms with E-state index >= 15 is 0 Å². The molecule has 10 rings (SSSR count). The van der Waals surface area contributed by atoms with E-state index in [4.69, 9.17) is 36.1 Å². The number of nitrogens with zero attached hydrogens (tertiary/aromatic N) is 11. The number of ether oxygens (including phenoxy) is 2. The number of anilines is 1. The molecular weight excluding hydrogens is 1320 g/mol. The average Bonchev–Trinajstić information content (AvgIpc) is 1.57. The average molecular weight is 1410 g/mol. The van der Waals surface area contributed by atoms with Crippen LogP contribution in [0.5, 0.6) is 11.8 Å². The first-order valence-electron chi connectivity index (χ1n) is 28.6. The molecule has 2 atom stereocenters. The van der Waals surface area contributed by atoms with Crippen molar-refractivity contribution in [1.29, 1.82) is 0 Å². The van der Waals surface area contributed by atoms with E-state index < -0.39 is 31.9 Å². The minimum absolute atomic E-state index is 0. The Bertz CT molecular complexity index is 3740. The number of hydrogen-bond acceptors (Lipinski definition) is 19. The smallest absolute Gasteiger partial charge is 1.00 e. The van der Waals surface area contributed by atoms with Gasteiger partial charge in [0.1, 0.15) is 20.8 Å². The zero-order valence-corrected chi connectivity index (χ0v) is 66.6. The zero-order valence-electron chi connectivity index (χ0n) is 57.0. The fraction of sp³-hybridized carbons (Fsp3) is 0.576. The molecule has 3 N–H and O–H groups in total. The Kier molecular flexibility index (Phi) is 28.5. The maximum atomic E-state index is 13.5. The second-order valence-electron chi connectivity index (χ2n) is 26.7. The summed E-state index contributed by atoms with van der Waals surface area (Å²) in [6.45, 7) is 37.2. The molecule has 32 heteroatoms. The van der Waals surface area contributed by atoms with Gasteiger partial charge in [0, 0.05) is 68.1 Å². The SMILES string of the molecule is C[C@@H]1CNC(C)(C)C1.Cc1c(S(=O)(=O)NC(=O)c2ccc(-n3ccc(OCC4C(C)(C)C4(C)C)n3)nc2Cl)cnn1C.Cc1c(S(=O)(=O)NC(=O)c2ccc(-n3ccc(OCC4C(C)(C)C4(C)C)n3)nc2N2C[C@@H](C)CC2(C)C)cnn1C.O=CO[O-].S.S.[H-].[K+].[K+]. The van der Waals surface area contributed by atoms with Gasteiger partial charge in [-0.1, -0.05) is 80.8 Å². The third-order valence-electron chi connectivity index (χ3n) is 18.8. The third kappa shape index (κ3) is 18.6. The Hall–Kier alpha value is -2.97. The maximum Gasteiger partial charge on any atom is 1.00 e. The molecule has 2 saturated carbocycles. The first kappa shape index (κ1) is 82.3. The van der Waals surface area contributed by atoms with Crippen molar-refractivity contribution in [2.45, 2.75) is 144 Å². The largest absolute Gasteiger partial charge is 1.00 e. The van der Waals surface area contributed by atoms with Gasteiger partial charge in [-0.15, -0.1) is 10.2 Å². The summed E-state index contributed by atoms with van der Waals surface area (Å²) >= 11 is 6.21. The van der Waals surface area contributed by atoms with Crippen molar-refractivity contribution in [3.8, 4) is 23.4 Å². The molecular formula is C59H89ClK2N14O11S4. The summed E-state index contributed by atoms with van der Waals surface area (Å²) in [5.74, 6) is 2.69. The topological polar surface area (TPSA) is 307 Å². The molecule has 25 nitrogen and oxygen atoms in total. The van der Waals surface area contributed by atoms with Crippen LogP contribution in [0.15, 0.2) is 71.0 Å². The van der Waals surface area contributed by atoms with Crippen LogP contribution < -0.4 is 137 Å². The van der Waals surface area contributed by atoms with Crippen LogP contribution in [-0.4, -0.2) is 122 Å². The predicted octanol–water partition coefficient (Wildman–Crippen LogP) is 1.43. The first-order chi connectivity index (χ1) is 40.2. The fourth-order valence-electron chi connectivity index (χ4n) is 11.9. The van der Waals surface area contributed by atoms with Gasteiger partial charge in [-0.3, -0.25) is 23.7 Å². The molecule has 6 aromatic heterocycles. The summed E-state index contributed by atoms with van der Waals surface area (Å²) in [7, 11) is -5.01. The molecule has 2 aliphatic heterocycles. The van der Waals surface area contributed by atoms with Crippen LogP contribution in [0.1, 0.15) is 143 Å². The summed E-state index contributed by atoms with van der Waals surface area (Å²) in [6, 6.07) is 9.71. The number of nitrogens with one attached hydrogen (secondary N) is 3. The van der Waals surface area contributed by atoms with Crippen LogP contribution in [-0.2, 0) is 43.8 Å². The Morgan fingerprint density at radius 2 is 1.09 bits per heavy atom. The summed E-state index contributed by atoms with van der Waals surface area (Å²) in [5.41, 5.74) is 1.88. The number of aromatic nitrogens is 10. The number of rotatable bonds is 16. The van der Waals surface area contributed by atoms with E-state index in [0.717, 1.165) is 12.3 Å². The Morgan fingerprint density at radius 1 is 0.681 bits per heavy atom. The van der Waals surface area contributed by atoms with Gasteiger partial charge in [-0.2, -0.15) is 37.2 Å². The molecule has 91 heavy (non-hydrogen) atoms. The van der Waals surface area contributed by atoms with Gasteiger partial charge in [-0.25, -0.2) is 45.6 Å². The predicted molar refractivity (Wildman–Crippen MR) is 346 cm³/mol. The quantitative estimate of drug-likeness (QED) is 0.0406. The van der Waals surface area contributed by atoms with E-state index in [1.807, 2.05) is 4.72 Å². The van der Waals surface area contributed by atoms with Crippen molar-refractivity contribution in [3.63, 3.8) is 0 Å². The van der Waals surface area contributed by atoms with E-state index in [2.05, 4.69) is 142 Å². The third-order valence-corrected chi connectivity index (χ3v) is 21.9. The molecule has 0 unspecified atom stereocenters. The van der Waals surface area contributed by atoms with Gasteiger partial charge < -0.3 is 31.3 Å². The Balaban J connectivity index is 0.000000511. The van der Waals surface area contributed by atoms with Gasteiger partial charge in [-0.05, 0) is 119 Å². The van der Waals surface area contributed by atoms with Crippen molar-refractivity contribution in [2.75, 3.05) is 31.2 Å². The molecule has 2 amide bonds. The van der Waals surface area contributed by atoms with E-state index in [-0.39, 0.29) is 191 Å². The van der Waals surface area contributed by atoms with E-state index in [1.54, 1.807) is 69.3 Å². The van der Waals surface area contributed by atoms with E-state index in [0.29, 0.717) is 83.7 Å². The van der Waals surface area contributed by atoms with Crippen LogP contribution >= 0.6 is 38.6 Å². The van der Waals surface area contributed by atoms with E-state index in [9.17, 15) is 26.4 Å². The van der Waals surface area contributed by atoms with E-state index in [1.165, 1.54) is 51.5 Å². The summed E-state index contributed by atoms with van der Waals surface area (Å²) in [5, 5.41) is 28.6. The summed E-state index contributed by atoms with van der Waals surface area (Å²) in [6.07, 6.45) is 8.09. The fourth-order valence-corrected chi connectivity index (χ4v) is 14.5. The monoisotopic (exact) mass is 1410 g/mol. The molecule has 4 aliphatic rings. The van der Waals surface area contributed by atoms with Gasteiger partial charge in [0.15, 0.2) is 11.6 Å². The molecule has 2 saturated heterocycles. The second kappa shape index (κ2) is 31.5. The summed E-state index contributed by atoms with van der Waals surface area (Å²) < 4.78 is 73.4. The van der Waals surface area contributed by atoms with Crippen molar-refractivity contribution >= 4 is 82.7 Å². The first-order valence-corrected chi connectivity index (χ1v) is 32.0. The van der Waals surface area contributed by atoms with Gasteiger partial charge in [0.25, 0.3) is 38.3 Å². The summed E-state index contributed by atoms with van der Waals surface area (Å²) in [4.78, 5) is 48.4. The molecule has 494 valence electrons. The Morgan fingerprint density at radius 3 is 1.41 bits per heavy atom. The minimum Gasteiger partial charge on any atom is -1.00 e. The van der Waals surface area contributed by atoms with Crippen molar-refractivity contribution in [2.24, 2.45) is 59.4 Å². The number of sulfonamides is 2. The number of halogens is 1. The van der Waals surface area contributed by atoms with Crippen LogP contribution in [0, 0.1) is 59.2 Å². The zero-order chi connectivity index (χ0) is 64.8. The van der Waals surface area contributed by atoms with Gasteiger partial charge >= 0.3 is 103 Å². The Labute approximate surface area is 641 Å². The molecule has 4 fully saturated rings. The molecule has 0 radical (unpaired) electrons. The van der Waals surface area contributed by atoms with Crippen LogP contribution in [0.25, 0.3) is 11.6 Å². The van der Waals surface area contributed by atoms with Gasteiger partial charge in [0.2, 0.25) is 11.8 Å². The maximum absolute atomic E-state index is 13.5. The standard InChI is InChI=1S/C29H41N7O4S.C22H27ClN6O4S.C7H15N.CH2O3.2K.2H2S.H/c1-18-14-27(3,4)35(16-18)25-20(26(37)33-41(38,39)21-15-30-34(9)19(21)2)10-11-23(31-25)36-13-12-24(32-36)40-17-22-28(5,6)29(22,7)8;1-13-15(11-24-28(13)6)34(31,32)27-20(30)14-7-8-17(25-19(14)23)29-10-9-18(26-29)33-12-16-21(2,3)22(16,4)5;1-6-4-7(2,3)8-5-6;2-1-4-3;;;;;/h10-13,15,18,22H,14,16-17H2,1-9H3,(H,33,37);7-11,16H,12H2,1-6H3,(H,27,30);6,8H,4-5H2,1-3H3;1,3H;;;2*1H2;/q;;;;2*+1;;;-1/p-1/t18-;;6-;;;;;;/m0.0....../s1. The van der Waals surface area contributed by atoms with Crippen LogP contribution in [0.4, 0.5) is 5.82 Å². The van der Waals surface area contributed by atoms with Crippen LogP contribution in [0.2, 0.25) is 5.15 Å². The number of carbonyl (C=O) groups is 3. The normalized spacial score (nSPS) is 19.2. The molecule has 0 spiro atoms. The number of amides is 2. The van der Waals surface area contributed by atoms with Gasteiger partial charge in [0.05, 0.1) is 48.1 Å². The number of hydrogen-bond donors (Lipinski definition) is 3. The van der Waals surface area contributed by atoms with Crippen molar-refractivity contribution < 1.29 is 155 Å². The molecule has 6 aromatic rings.